The Kier molecular flexibility index (Phi) is 4.90. The largest absolute Gasteiger partial charge is 0.271 e. The standard InChI is InChI=1S/C12H11Cl3N2S/c13-9-3-1-2-8(12(9)15)10(17-16)6-7-4-5-11(14)18-7/h1-5,10,17H,6,16H2. The fourth-order valence-electron chi connectivity index (χ4n) is 1.71. The molecule has 0 amide bonds. The summed E-state index contributed by atoms with van der Waals surface area (Å²) in [7, 11) is 0. The van der Waals surface area contributed by atoms with Gasteiger partial charge in [-0.05, 0) is 23.8 Å². The molecule has 1 unspecified atom stereocenters. The fraction of sp³-hybridized carbons (Fsp3) is 0.167. The highest BCUT2D eigenvalue weighted by molar-refractivity contribution is 7.16. The van der Waals surface area contributed by atoms with Gasteiger partial charge >= 0.3 is 0 Å². The zero-order chi connectivity index (χ0) is 13.1. The number of benzene rings is 1. The Hall–Kier alpha value is -0.290. The van der Waals surface area contributed by atoms with Crippen molar-refractivity contribution < 1.29 is 0 Å². The zero-order valence-corrected chi connectivity index (χ0v) is 12.4. The minimum absolute atomic E-state index is 0.0917. The molecule has 0 aliphatic heterocycles. The second-order valence-electron chi connectivity index (χ2n) is 3.77. The third-order valence-electron chi connectivity index (χ3n) is 2.59. The third kappa shape index (κ3) is 3.18. The lowest BCUT2D eigenvalue weighted by atomic mass is 10.0. The lowest BCUT2D eigenvalue weighted by molar-refractivity contribution is 0.556. The smallest absolute Gasteiger partial charge is 0.0931 e. The first-order chi connectivity index (χ1) is 8.61. The average Bonchev–Trinajstić information content (AvgIpc) is 2.76. The van der Waals surface area contributed by atoms with Gasteiger partial charge in [0.1, 0.15) is 0 Å². The van der Waals surface area contributed by atoms with E-state index in [1.54, 1.807) is 6.07 Å². The van der Waals surface area contributed by atoms with Crippen molar-refractivity contribution in [3.05, 3.63) is 55.2 Å². The first-order valence-electron chi connectivity index (χ1n) is 5.26. The Balaban J connectivity index is 2.25. The van der Waals surface area contributed by atoms with Gasteiger partial charge < -0.3 is 0 Å². The number of rotatable bonds is 4. The van der Waals surface area contributed by atoms with Crippen molar-refractivity contribution in [1.82, 2.24) is 5.43 Å². The van der Waals surface area contributed by atoms with Gasteiger partial charge in [-0.3, -0.25) is 11.3 Å². The van der Waals surface area contributed by atoms with Crippen LogP contribution in [0.25, 0.3) is 0 Å². The first-order valence-corrected chi connectivity index (χ1v) is 7.21. The Morgan fingerprint density at radius 1 is 1.17 bits per heavy atom. The lowest BCUT2D eigenvalue weighted by Crippen LogP contribution is -2.29. The van der Waals surface area contributed by atoms with Gasteiger partial charge in [-0.15, -0.1) is 11.3 Å². The van der Waals surface area contributed by atoms with E-state index >= 15 is 0 Å². The van der Waals surface area contributed by atoms with E-state index in [1.807, 2.05) is 24.3 Å². The summed E-state index contributed by atoms with van der Waals surface area (Å²) in [6, 6.07) is 9.28. The Morgan fingerprint density at radius 3 is 2.56 bits per heavy atom. The van der Waals surface area contributed by atoms with Gasteiger partial charge in [-0.25, -0.2) is 0 Å². The van der Waals surface area contributed by atoms with Crippen LogP contribution in [0.4, 0.5) is 0 Å². The Bertz CT molecular complexity index is 542. The summed E-state index contributed by atoms with van der Waals surface area (Å²) in [5.74, 6) is 5.60. The molecular weight excluding hydrogens is 311 g/mol. The van der Waals surface area contributed by atoms with Crippen molar-refractivity contribution in [2.24, 2.45) is 5.84 Å². The van der Waals surface area contributed by atoms with E-state index in [0.29, 0.717) is 16.5 Å². The van der Waals surface area contributed by atoms with Crippen molar-refractivity contribution in [2.45, 2.75) is 12.5 Å². The molecule has 0 aliphatic carbocycles. The second kappa shape index (κ2) is 6.24. The van der Waals surface area contributed by atoms with Gasteiger partial charge in [-0.1, -0.05) is 46.9 Å². The van der Waals surface area contributed by atoms with Crippen LogP contribution in [0.15, 0.2) is 30.3 Å². The molecule has 0 saturated heterocycles. The summed E-state index contributed by atoms with van der Waals surface area (Å²) in [5, 5.41) is 1.06. The van der Waals surface area contributed by atoms with Crippen LogP contribution in [0.5, 0.6) is 0 Å². The first kappa shape index (κ1) is 14.1. The van der Waals surface area contributed by atoms with Crippen molar-refractivity contribution in [2.75, 3.05) is 0 Å². The molecule has 1 atom stereocenters. The van der Waals surface area contributed by atoms with E-state index in [2.05, 4.69) is 5.43 Å². The average molecular weight is 322 g/mol. The maximum absolute atomic E-state index is 6.19. The van der Waals surface area contributed by atoms with Gasteiger partial charge in [0, 0.05) is 11.3 Å². The number of hydrazine groups is 1. The van der Waals surface area contributed by atoms with Gasteiger partial charge in [0.05, 0.1) is 20.4 Å². The number of nitrogens with one attached hydrogen (secondary N) is 1. The molecule has 0 fully saturated rings. The molecule has 0 bridgehead atoms. The summed E-state index contributed by atoms with van der Waals surface area (Å²) < 4.78 is 0.762. The number of nitrogens with two attached hydrogens (primary N) is 1. The molecule has 1 aromatic heterocycles. The van der Waals surface area contributed by atoms with Gasteiger partial charge in [0.25, 0.3) is 0 Å². The number of thiophene rings is 1. The van der Waals surface area contributed by atoms with Crippen molar-refractivity contribution >= 4 is 46.1 Å². The third-order valence-corrected chi connectivity index (χ3v) is 4.68. The molecule has 1 aromatic carbocycles. The summed E-state index contributed by atoms with van der Waals surface area (Å²) in [6.45, 7) is 0. The van der Waals surface area contributed by atoms with E-state index in [9.17, 15) is 0 Å². The minimum Gasteiger partial charge on any atom is -0.271 e. The molecule has 0 spiro atoms. The van der Waals surface area contributed by atoms with Crippen LogP contribution in [-0.4, -0.2) is 0 Å². The highest BCUT2D eigenvalue weighted by Gasteiger charge is 2.16. The molecule has 0 radical (unpaired) electrons. The molecule has 0 saturated carbocycles. The van der Waals surface area contributed by atoms with Crippen molar-refractivity contribution in [1.29, 1.82) is 0 Å². The summed E-state index contributed by atoms with van der Waals surface area (Å²) in [6.07, 6.45) is 0.716. The van der Waals surface area contributed by atoms with Crippen LogP contribution in [0.3, 0.4) is 0 Å². The van der Waals surface area contributed by atoms with E-state index < -0.39 is 0 Å². The van der Waals surface area contributed by atoms with Gasteiger partial charge in [0.2, 0.25) is 0 Å². The maximum Gasteiger partial charge on any atom is 0.0931 e. The molecule has 2 aromatic rings. The van der Waals surface area contributed by atoms with Gasteiger partial charge in [-0.2, -0.15) is 0 Å². The van der Waals surface area contributed by atoms with Crippen LogP contribution in [0.2, 0.25) is 14.4 Å². The van der Waals surface area contributed by atoms with E-state index in [4.69, 9.17) is 40.6 Å². The zero-order valence-electron chi connectivity index (χ0n) is 9.29. The highest BCUT2D eigenvalue weighted by atomic mass is 35.5. The molecule has 0 aliphatic rings. The Labute approximate surface area is 125 Å². The molecule has 96 valence electrons. The van der Waals surface area contributed by atoms with E-state index in [0.717, 1.165) is 14.8 Å². The molecular formula is C12H11Cl3N2S. The molecule has 3 N–H and O–H groups in total. The molecule has 2 rings (SSSR count). The topological polar surface area (TPSA) is 38.0 Å². The van der Waals surface area contributed by atoms with Gasteiger partial charge in [0.15, 0.2) is 0 Å². The number of hydrogen-bond donors (Lipinski definition) is 2. The maximum atomic E-state index is 6.19. The van der Waals surface area contributed by atoms with Crippen LogP contribution in [0, 0.1) is 0 Å². The van der Waals surface area contributed by atoms with Crippen LogP contribution >= 0.6 is 46.1 Å². The molecule has 6 heteroatoms. The quantitative estimate of drug-likeness (QED) is 0.644. The number of halogens is 3. The fourth-order valence-corrected chi connectivity index (χ4v) is 3.28. The summed E-state index contributed by atoms with van der Waals surface area (Å²) in [4.78, 5) is 1.14. The SMILES string of the molecule is NNC(Cc1ccc(Cl)s1)c1cccc(Cl)c1Cl. The van der Waals surface area contributed by atoms with Crippen molar-refractivity contribution in [3.8, 4) is 0 Å². The monoisotopic (exact) mass is 320 g/mol. The van der Waals surface area contributed by atoms with Crippen LogP contribution in [-0.2, 0) is 6.42 Å². The van der Waals surface area contributed by atoms with Crippen LogP contribution < -0.4 is 11.3 Å². The van der Waals surface area contributed by atoms with E-state index in [1.165, 1.54) is 11.3 Å². The second-order valence-corrected chi connectivity index (χ2v) is 6.36. The summed E-state index contributed by atoms with van der Waals surface area (Å²) >= 11 is 19.6. The molecule has 18 heavy (non-hydrogen) atoms. The predicted octanol–water partition coefficient (Wildman–Crippen LogP) is 4.46. The highest BCUT2D eigenvalue weighted by Crippen LogP contribution is 2.32. The van der Waals surface area contributed by atoms with Crippen LogP contribution in [0.1, 0.15) is 16.5 Å². The lowest BCUT2D eigenvalue weighted by Gasteiger charge is -2.17. The molecule has 1 heterocycles. The normalized spacial score (nSPS) is 12.7. The minimum atomic E-state index is -0.0917. The Morgan fingerprint density at radius 2 is 1.94 bits per heavy atom. The van der Waals surface area contributed by atoms with Crippen molar-refractivity contribution in [3.63, 3.8) is 0 Å². The van der Waals surface area contributed by atoms with E-state index in [-0.39, 0.29) is 6.04 Å². The molecule has 2 nitrogen and oxygen atoms in total. The number of hydrogen-bond acceptors (Lipinski definition) is 3. The predicted molar refractivity (Wildman–Crippen MR) is 79.6 cm³/mol. The summed E-state index contributed by atoms with van der Waals surface area (Å²) in [5.41, 5.74) is 3.65.